The van der Waals surface area contributed by atoms with Crippen molar-refractivity contribution in [1.82, 2.24) is 19.1 Å². The first-order valence-corrected chi connectivity index (χ1v) is 7.55. The van der Waals surface area contributed by atoms with Gasteiger partial charge in [0.05, 0.1) is 7.05 Å². The van der Waals surface area contributed by atoms with E-state index in [1.54, 1.807) is 30.3 Å². The Morgan fingerprint density at radius 3 is 2.12 bits per heavy atom. The van der Waals surface area contributed by atoms with Crippen LogP contribution in [0, 0.1) is 20.2 Å². The van der Waals surface area contributed by atoms with Crippen LogP contribution in [-0.2, 0) is 7.05 Å². The molecule has 3 aromatic rings. The van der Waals surface area contributed by atoms with Crippen molar-refractivity contribution in [2.75, 3.05) is 0 Å². The number of imidazole rings is 2. The van der Waals surface area contributed by atoms with Gasteiger partial charge in [-0.3, -0.25) is 0 Å². The lowest BCUT2D eigenvalue weighted by molar-refractivity contribution is -0.391. The van der Waals surface area contributed by atoms with Gasteiger partial charge in [-0.1, -0.05) is 18.2 Å². The van der Waals surface area contributed by atoms with E-state index in [0.717, 1.165) is 12.4 Å². The van der Waals surface area contributed by atoms with E-state index < -0.39 is 15.1 Å². The van der Waals surface area contributed by atoms with Crippen molar-refractivity contribution in [3.63, 3.8) is 0 Å². The predicted octanol–water partition coefficient (Wildman–Crippen LogP) is 2.44. The third-order valence-electron chi connectivity index (χ3n) is 3.65. The molecule has 0 bridgehead atoms. The highest BCUT2D eigenvalue weighted by Crippen LogP contribution is 2.32. The molecule has 10 nitrogen and oxygen atoms in total. The summed E-state index contributed by atoms with van der Waals surface area (Å²) < 4.78 is 2.62. The Balaban J connectivity index is 2.15. The first-order chi connectivity index (χ1) is 11.9. The summed E-state index contributed by atoms with van der Waals surface area (Å²) in [6.07, 6.45) is 2.24. The predicted molar refractivity (Wildman–Crippen MR) is 90.9 cm³/mol. The third kappa shape index (κ3) is 2.85. The molecule has 0 saturated heterocycles. The molecule has 0 aliphatic rings. The Labute approximate surface area is 146 Å². The number of rotatable bonds is 5. The number of benzene rings is 1. The molecule has 0 radical (unpaired) electrons. The molecule has 0 fully saturated rings. The van der Waals surface area contributed by atoms with E-state index in [1.165, 1.54) is 16.2 Å². The summed E-state index contributed by atoms with van der Waals surface area (Å²) in [5.74, 6) is 0.0582. The zero-order chi connectivity index (χ0) is 18.1. The summed E-state index contributed by atoms with van der Waals surface area (Å²) in [6.45, 7) is 0. The summed E-state index contributed by atoms with van der Waals surface area (Å²) in [5.41, 5.74) is 0.532. The van der Waals surface area contributed by atoms with Gasteiger partial charge in [0.1, 0.15) is 18.1 Å². The molecule has 1 unspecified atom stereocenters. The van der Waals surface area contributed by atoms with Gasteiger partial charge in [-0.15, -0.1) is 0 Å². The fraction of sp³-hybridized carbons (Fsp3) is 0.143. The molecule has 1 aromatic carbocycles. The lowest BCUT2D eigenvalue weighted by Crippen LogP contribution is -2.11. The average molecular weight is 360 g/mol. The molecule has 1 atom stereocenters. The number of para-hydroxylation sites is 1. The average Bonchev–Trinajstić information content (AvgIpc) is 3.19. The number of thiol groups is 1. The van der Waals surface area contributed by atoms with Gasteiger partial charge in [-0.05, 0) is 22.0 Å². The van der Waals surface area contributed by atoms with Crippen LogP contribution < -0.4 is 0 Å². The highest BCUT2D eigenvalue weighted by atomic mass is 32.1. The van der Waals surface area contributed by atoms with Crippen LogP contribution in [0.2, 0.25) is 0 Å². The van der Waals surface area contributed by atoms with Crippen molar-refractivity contribution in [2.24, 2.45) is 7.05 Å². The quantitative estimate of drug-likeness (QED) is 0.424. The number of nitro groups is 2. The Morgan fingerprint density at radius 1 is 1.00 bits per heavy atom. The van der Waals surface area contributed by atoms with Gasteiger partial charge < -0.3 is 20.2 Å². The van der Waals surface area contributed by atoms with Crippen molar-refractivity contribution >= 4 is 24.3 Å². The molecule has 25 heavy (non-hydrogen) atoms. The van der Waals surface area contributed by atoms with Crippen LogP contribution in [-0.4, -0.2) is 28.9 Å². The van der Waals surface area contributed by atoms with Crippen molar-refractivity contribution < 1.29 is 9.85 Å². The molecular formula is C14H12N6O4S. The van der Waals surface area contributed by atoms with Gasteiger partial charge in [-0.25, -0.2) is 14.5 Å². The molecule has 0 spiro atoms. The minimum Gasteiger partial charge on any atom is -0.358 e. The number of aromatic nitrogens is 4. The van der Waals surface area contributed by atoms with Crippen LogP contribution in [0.3, 0.4) is 0 Å². The smallest absolute Gasteiger partial charge is 0.348 e. The normalized spacial score (nSPS) is 12.1. The SMILES string of the molecule is Cn1c([N+](=O)[O-])cnc1C(S)c1ncc([N+](=O)[O-])n1-c1ccccc1. The second-order valence-corrected chi connectivity index (χ2v) is 5.61. The fourth-order valence-corrected chi connectivity index (χ4v) is 2.90. The summed E-state index contributed by atoms with van der Waals surface area (Å²) >= 11 is 4.45. The van der Waals surface area contributed by atoms with Gasteiger partial charge in [0.25, 0.3) is 0 Å². The summed E-state index contributed by atoms with van der Waals surface area (Å²) in [5, 5.41) is 21.5. The molecule has 0 amide bonds. The maximum atomic E-state index is 11.3. The first kappa shape index (κ1) is 16.6. The van der Waals surface area contributed by atoms with E-state index in [2.05, 4.69) is 22.6 Å². The molecule has 2 heterocycles. The van der Waals surface area contributed by atoms with Crippen molar-refractivity contribution in [3.05, 3.63) is 74.6 Å². The van der Waals surface area contributed by atoms with Crippen LogP contribution in [0.25, 0.3) is 5.69 Å². The number of nitrogens with zero attached hydrogens (tertiary/aromatic N) is 6. The van der Waals surface area contributed by atoms with E-state index in [1.807, 2.05) is 0 Å². The Morgan fingerprint density at radius 2 is 1.56 bits per heavy atom. The molecule has 3 rings (SSSR count). The van der Waals surface area contributed by atoms with Crippen LogP contribution in [0.1, 0.15) is 16.9 Å². The Hall–Kier alpha value is -3.21. The standard InChI is InChI=1S/C14H12N6O4S/c1-17-10(19(21)22)7-15-13(17)12(25)14-16-8-11(20(23)24)18(14)9-5-3-2-4-6-9/h2-8,12,25H,1H3. The van der Waals surface area contributed by atoms with Gasteiger partial charge in [-0.2, -0.15) is 17.2 Å². The number of hydrogen-bond acceptors (Lipinski definition) is 7. The second-order valence-electron chi connectivity index (χ2n) is 5.10. The van der Waals surface area contributed by atoms with E-state index in [9.17, 15) is 20.2 Å². The largest absolute Gasteiger partial charge is 0.358 e. The van der Waals surface area contributed by atoms with Gasteiger partial charge in [0.2, 0.25) is 11.6 Å². The maximum absolute atomic E-state index is 11.3. The highest BCUT2D eigenvalue weighted by Gasteiger charge is 2.33. The fourth-order valence-electron chi connectivity index (χ4n) is 2.47. The number of hydrogen-bond donors (Lipinski definition) is 1. The van der Waals surface area contributed by atoms with Crippen molar-refractivity contribution in [3.8, 4) is 5.69 Å². The second kappa shape index (κ2) is 6.36. The molecule has 0 aliphatic carbocycles. The van der Waals surface area contributed by atoms with E-state index in [4.69, 9.17) is 0 Å². The maximum Gasteiger partial charge on any atom is 0.348 e. The van der Waals surface area contributed by atoms with Crippen LogP contribution in [0.5, 0.6) is 0 Å². The zero-order valence-corrected chi connectivity index (χ0v) is 13.8. The minimum absolute atomic E-state index is 0.207. The van der Waals surface area contributed by atoms with Gasteiger partial charge >= 0.3 is 11.6 Å². The summed E-state index contributed by atoms with van der Waals surface area (Å²) in [4.78, 5) is 29.3. The highest BCUT2D eigenvalue weighted by molar-refractivity contribution is 7.80. The van der Waals surface area contributed by atoms with Gasteiger partial charge in [0, 0.05) is 0 Å². The van der Waals surface area contributed by atoms with E-state index >= 15 is 0 Å². The molecule has 128 valence electrons. The lowest BCUT2D eigenvalue weighted by Gasteiger charge is -2.08. The topological polar surface area (TPSA) is 122 Å². The van der Waals surface area contributed by atoms with Crippen LogP contribution in [0.4, 0.5) is 11.6 Å². The first-order valence-electron chi connectivity index (χ1n) is 7.03. The van der Waals surface area contributed by atoms with Crippen LogP contribution in [0.15, 0.2) is 42.7 Å². The molecule has 2 aromatic heterocycles. The molecule has 0 saturated carbocycles. The molecule has 0 aliphatic heterocycles. The minimum atomic E-state index is -0.799. The zero-order valence-electron chi connectivity index (χ0n) is 12.9. The van der Waals surface area contributed by atoms with Gasteiger partial charge in [0.15, 0.2) is 5.25 Å². The van der Waals surface area contributed by atoms with E-state index in [-0.39, 0.29) is 23.3 Å². The summed E-state index contributed by atoms with van der Waals surface area (Å²) in [6, 6.07) is 8.65. The Bertz CT molecular complexity index is 952. The van der Waals surface area contributed by atoms with Crippen LogP contribution >= 0.6 is 12.6 Å². The Kier molecular flexibility index (Phi) is 4.23. The molecule has 0 N–H and O–H groups in total. The summed E-state index contributed by atoms with van der Waals surface area (Å²) in [7, 11) is 1.48. The molecule has 11 heteroatoms. The van der Waals surface area contributed by atoms with E-state index in [0.29, 0.717) is 5.69 Å². The van der Waals surface area contributed by atoms with Crippen molar-refractivity contribution in [2.45, 2.75) is 5.25 Å². The third-order valence-corrected chi connectivity index (χ3v) is 4.11. The molecular weight excluding hydrogens is 348 g/mol. The lowest BCUT2D eigenvalue weighted by atomic mass is 10.3. The van der Waals surface area contributed by atoms with Crippen molar-refractivity contribution in [1.29, 1.82) is 0 Å². The monoisotopic (exact) mass is 360 g/mol.